The molecule has 1 saturated carbocycles. The standard InChI is InChI=1S/C22H30N4O4/c27-20(23-8-2-9-25-11-13-30-14-12-25)21(28)24-18-7-6-16-3-1-10-26(19(16)15-18)22(29)17-4-5-17/h6-7,15,17H,1-5,8-14H2,(H,23,27)(H,24,28)/p+1. The quantitative estimate of drug-likeness (QED) is 0.441. The van der Waals surface area contributed by atoms with Gasteiger partial charge in [-0.15, -0.1) is 0 Å². The van der Waals surface area contributed by atoms with Crippen molar-refractivity contribution in [1.82, 2.24) is 5.32 Å². The normalized spacial score (nSPS) is 19.1. The molecule has 2 aliphatic heterocycles. The predicted molar refractivity (Wildman–Crippen MR) is 112 cm³/mol. The Balaban J connectivity index is 1.28. The van der Waals surface area contributed by atoms with Crippen LogP contribution in [0.3, 0.4) is 0 Å². The molecule has 30 heavy (non-hydrogen) atoms. The summed E-state index contributed by atoms with van der Waals surface area (Å²) in [4.78, 5) is 40.3. The number of fused-ring (bicyclic) bond motifs is 1. The summed E-state index contributed by atoms with van der Waals surface area (Å²) in [6.07, 6.45) is 4.63. The summed E-state index contributed by atoms with van der Waals surface area (Å²) in [6.45, 7) is 5.71. The first-order valence-electron chi connectivity index (χ1n) is 11.1. The zero-order valence-corrected chi connectivity index (χ0v) is 17.4. The number of anilines is 2. The van der Waals surface area contributed by atoms with Crippen LogP contribution in [0.25, 0.3) is 0 Å². The second kappa shape index (κ2) is 9.57. The number of quaternary nitrogens is 1. The molecular weight excluding hydrogens is 384 g/mol. The highest BCUT2D eigenvalue weighted by atomic mass is 16.5. The minimum Gasteiger partial charge on any atom is -0.370 e. The van der Waals surface area contributed by atoms with Crippen molar-refractivity contribution < 1.29 is 24.0 Å². The van der Waals surface area contributed by atoms with Crippen molar-refractivity contribution >= 4 is 29.1 Å². The molecule has 1 aliphatic carbocycles. The maximum Gasteiger partial charge on any atom is 0.313 e. The van der Waals surface area contributed by atoms with E-state index in [1.54, 1.807) is 6.07 Å². The number of amides is 3. The molecular formula is C22H31N4O4+. The minimum absolute atomic E-state index is 0.152. The van der Waals surface area contributed by atoms with Crippen molar-refractivity contribution in [3.63, 3.8) is 0 Å². The van der Waals surface area contributed by atoms with E-state index in [2.05, 4.69) is 10.6 Å². The molecule has 1 saturated heterocycles. The van der Waals surface area contributed by atoms with Gasteiger partial charge in [0.05, 0.1) is 19.8 Å². The van der Waals surface area contributed by atoms with Gasteiger partial charge in [0.15, 0.2) is 0 Å². The van der Waals surface area contributed by atoms with Crippen LogP contribution in [0, 0.1) is 5.92 Å². The third kappa shape index (κ3) is 5.17. The predicted octanol–water partition coefficient (Wildman–Crippen LogP) is -0.264. The van der Waals surface area contributed by atoms with E-state index >= 15 is 0 Å². The fourth-order valence-electron chi connectivity index (χ4n) is 4.15. The summed E-state index contributed by atoms with van der Waals surface area (Å²) in [7, 11) is 0. The van der Waals surface area contributed by atoms with Crippen molar-refractivity contribution in [2.45, 2.75) is 32.1 Å². The van der Waals surface area contributed by atoms with E-state index in [-0.39, 0.29) is 11.8 Å². The fraction of sp³-hybridized carbons (Fsp3) is 0.591. The lowest BCUT2D eigenvalue weighted by Gasteiger charge is -2.30. The van der Waals surface area contributed by atoms with Gasteiger partial charge in [-0.3, -0.25) is 14.4 Å². The summed E-state index contributed by atoms with van der Waals surface area (Å²) < 4.78 is 5.34. The lowest BCUT2D eigenvalue weighted by Crippen LogP contribution is -3.14. The van der Waals surface area contributed by atoms with E-state index in [1.807, 2.05) is 17.0 Å². The highest BCUT2D eigenvalue weighted by Crippen LogP contribution is 2.36. The Morgan fingerprint density at radius 1 is 1.13 bits per heavy atom. The first-order chi connectivity index (χ1) is 14.6. The summed E-state index contributed by atoms with van der Waals surface area (Å²) in [6, 6.07) is 5.57. The summed E-state index contributed by atoms with van der Waals surface area (Å²) in [5, 5.41) is 5.37. The van der Waals surface area contributed by atoms with Crippen molar-refractivity contribution in [3.05, 3.63) is 23.8 Å². The Labute approximate surface area is 176 Å². The van der Waals surface area contributed by atoms with Gasteiger partial charge in [-0.2, -0.15) is 0 Å². The molecule has 2 fully saturated rings. The smallest absolute Gasteiger partial charge is 0.313 e. The van der Waals surface area contributed by atoms with Crippen LogP contribution in [0.2, 0.25) is 0 Å². The van der Waals surface area contributed by atoms with Crippen LogP contribution < -0.4 is 20.4 Å². The second-order valence-corrected chi connectivity index (χ2v) is 8.39. The fourth-order valence-corrected chi connectivity index (χ4v) is 4.15. The average Bonchev–Trinajstić information content (AvgIpc) is 3.62. The molecule has 3 amide bonds. The highest BCUT2D eigenvalue weighted by Gasteiger charge is 2.35. The maximum absolute atomic E-state index is 12.6. The summed E-state index contributed by atoms with van der Waals surface area (Å²) in [5.74, 6) is -0.973. The van der Waals surface area contributed by atoms with Gasteiger partial charge in [0, 0.05) is 36.8 Å². The van der Waals surface area contributed by atoms with Crippen LogP contribution in [0.1, 0.15) is 31.2 Å². The number of rotatable bonds is 6. The van der Waals surface area contributed by atoms with E-state index in [9.17, 15) is 14.4 Å². The molecule has 0 unspecified atom stereocenters. The molecule has 0 radical (unpaired) electrons. The number of hydrogen-bond donors (Lipinski definition) is 3. The molecule has 162 valence electrons. The molecule has 1 aromatic rings. The molecule has 0 atom stereocenters. The maximum atomic E-state index is 12.6. The molecule has 0 bridgehead atoms. The van der Waals surface area contributed by atoms with E-state index in [4.69, 9.17) is 4.74 Å². The number of morpholine rings is 1. The molecule has 3 aliphatic rings. The number of carbonyl (C=O) groups excluding carboxylic acids is 3. The SMILES string of the molecule is O=C(NCCC[NH+]1CCOCC1)C(=O)Nc1ccc2c(c1)N(C(=O)C1CC1)CCC2. The van der Waals surface area contributed by atoms with Gasteiger partial charge < -0.3 is 25.2 Å². The Morgan fingerprint density at radius 2 is 1.93 bits per heavy atom. The lowest BCUT2D eigenvalue weighted by atomic mass is 10.0. The van der Waals surface area contributed by atoms with Gasteiger partial charge in [-0.1, -0.05) is 6.07 Å². The second-order valence-electron chi connectivity index (χ2n) is 8.39. The third-order valence-corrected chi connectivity index (χ3v) is 6.05. The van der Waals surface area contributed by atoms with E-state index in [0.717, 1.165) is 76.2 Å². The number of nitrogens with one attached hydrogen (secondary N) is 3. The van der Waals surface area contributed by atoms with Crippen LogP contribution >= 0.6 is 0 Å². The minimum atomic E-state index is -0.676. The monoisotopic (exact) mass is 415 g/mol. The Kier molecular flexibility index (Phi) is 6.64. The van der Waals surface area contributed by atoms with Crippen molar-refractivity contribution in [2.24, 2.45) is 5.92 Å². The van der Waals surface area contributed by atoms with Crippen molar-refractivity contribution in [1.29, 1.82) is 0 Å². The van der Waals surface area contributed by atoms with Gasteiger partial charge in [0.2, 0.25) is 5.91 Å². The number of carbonyl (C=O) groups is 3. The molecule has 1 aromatic carbocycles. The highest BCUT2D eigenvalue weighted by molar-refractivity contribution is 6.39. The molecule has 2 heterocycles. The largest absolute Gasteiger partial charge is 0.370 e. The van der Waals surface area contributed by atoms with Gasteiger partial charge in [-0.25, -0.2) is 0 Å². The molecule has 4 rings (SSSR count). The summed E-state index contributed by atoms with van der Waals surface area (Å²) in [5.41, 5.74) is 2.52. The first-order valence-corrected chi connectivity index (χ1v) is 11.1. The summed E-state index contributed by atoms with van der Waals surface area (Å²) >= 11 is 0. The number of benzene rings is 1. The molecule has 3 N–H and O–H groups in total. The zero-order chi connectivity index (χ0) is 20.9. The van der Waals surface area contributed by atoms with Crippen LogP contribution in [0.5, 0.6) is 0 Å². The van der Waals surface area contributed by atoms with E-state index in [0.29, 0.717) is 18.8 Å². The molecule has 0 aromatic heterocycles. The van der Waals surface area contributed by atoms with Crippen molar-refractivity contribution in [2.75, 3.05) is 56.2 Å². The topological polar surface area (TPSA) is 92.2 Å². The number of aryl methyl sites for hydroxylation is 1. The van der Waals surface area contributed by atoms with Gasteiger partial charge in [-0.05, 0) is 43.4 Å². The third-order valence-electron chi connectivity index (χ3n) is 6.05. The van der Waals surface area contributed by atoms with Gasteiger partial charge in [0.25, 0.3) is 0 Å². The Morgan fingerprint density at radius 3 is 2.70 bits per heavy atom. The number of ether oxygens (including phenoxy) is 1. The van der Waals surface area contributed by atoms with Crippen molar-refractivity contribution in [3.8, 4) is 0 Å². The van der Waals surface area contributed by atoms with Crippen LogP contribution in [-0.4, -0.2) is 63.7 Å². The van der Waals surface area contributed by atoms with Crippen LogP contribution in [-0.2, 0) is 25.5 Å². The first kappa shape index (κ1) is 20.8. The van der Waals surface area contributed by atoms with E-state index in [1.165, 1.54) is 4.90 Å². The number of nitrogens with zero attached hydrogens (tertiary/aromatic N) is 1. The Bertz CT molecular complexity index is 802. The van der Waals surface area contributed by atoms with E-state index < -0.39 is 11.8 Å². The van der Waals surface area contributed by atoms with Gasteiger partial charge >= 0.3 is 11.8 Å². The van der Waals surface area contributed by atoms with Crippen LogP contribution in [0.15, 0.2) is 18.2 Å². The van der Waals surface area contributed by atoms with Crippen LogP contribution in [0.4, 0.5) is 11.4 Å². The lowest BCUT2D eigenvalue weighted by molar-refractivity contribution is -0.908. The molecule has 0 spiro atoms. The zero-order valence-electron chi connectivity index (χ0n) is 17.4. The van der Waals surface area contributed by atoms with Gasteiger partial charge in [0.1, 0.15) is 13.1 Å². The number of hydrogen-bond acceptors (Lipinski definition) is 4. The molecule has 8 heteroatoms. The average molecular weight is 416 g/mol. The molecule has 8 nitrogen and oxygen atoms in total. The Hall–Kier alpha value is -2.45.